The number of benzene rings is 1. The van der Waals surface area contributed by atoms with Crippen LogP contribution >= 0.6 is 11.6 Å². The maximum absolute atomic E-state index is 13.4. The Morgan fingerprint density at radius 2 is 2.12 bits per heavy atom. The minimum Gasteiger partial charge on any atom is -0.481 e. The third kappa shape index (κ3) is 2.95. The van der Waals surface area contributed by atoms with Crippen LogP contribution in [0.1, 0.15) is 25.8 Å². The predicted molar refractivity (Wildman–Crippen MR) is 61.1 cm³/mol. The lowest BCUT2D eigenvalue weighted by atomic mass is 9.86. The summed E-state index contributed by atoms with van der Waals surface area (Å²) >= 11 is 5.85. The number of carboxylic acid groups (broad SMARTS) is 1. The summed E-state index contributed by atoms with van der Waals surface area (Å²) in [5.74, 6) is -1.27. The van der Waals surface area contributed by atoms with Crippen LogP contribution in [0.5, 0.6) is 0 Å². The average Bonchev–Trinajstić information content (AvgIpc) is 2.16. The van der Waals surface area contributed by atoms with Gasteiger partial charge >= 0.3 is 5.97 Å². The molecule has 0 saturated carbocycles. The summed E-state index contributed by atoms with van der Waals surface area (Å²) in [6, 6.07) is 4.46. The van der Waals surface area contributed by atoms with Crippen LogP contribution in [0.3, 0.4) is 0 Å². The van der Waals surface area contributed by atoms with Crippen molar-refractivity contribution in [2.45, 2.75) is 26.7 Å². The molecular formula is C12H14ClFO2. The molecule has 0 aliphatic rings. The van der Waals surface area contributed by atoms with E-state index in [4.69, 9.17) is 16.7 Å². The molecule has 16 heavy (non-hydrogen) atoms. The number of aliphatic carboxylic acids is 1. The monoisotopic (exact) mass is 244 g/mol. The Labute approximate surface area is 99.0 Å². The molecule has 0 spiro atoms. The maximum Gasteiger partial charge on any atom is 0.309 e. The van der Waals surface area contributed by atoms with Crippen molar-refractivity contribution in [2.24, 2.45) is 5.41 Å². The Morgan fingerprint density at radius 1 is 1.50 bits per heavy atom. The Morgan fingerprint density at radius 3 is 2.62 bits per heavy atom. The summed E-state index contributed by atoms with van der Waals surface area (Å²) in [5.41, 5.74) is -0.482. The van der Waals surface area contributed by atoms with E-state index in [2.05, 4.69) is 0 Å². The van der Waals surface area contributed by atoms with Gasteiger partial charge in [-0.2, -0.15) is 0 Å². The summed E-state index contributed by atoms with van der Waals surface area (Å²) in [6.07, 6.45) is 0.674. The van der Waals surface area contributed by atoms with E-state index in [0.717, 1.165) is 0 Å². The molecule has 0 unspecified atom stereocenters. The molecule has 1 aromatic carbocycles. The SMILES string of the molecule is CC(C)(CCc1c(F)cccc1Cl)C(=O)O. The van der Waals surface area contributed by atoms with Crippen molar-refractivity contribution < 1.29 is 14.3 Å². The second-order valence-electron chi connectivity index (χ2n) is 4.39. The second-order valence-corrected chi connectivity index (χ2v) is 4.80. The first-order valence-electron chi connectivity index (χ1n) is 5.01. The normalized spacial score (nSPS) is 11.5. The number of carboxylic acids is 1. The van der Waals surface area contributed by atoms with E-state index in [-0.39, 0.29) is 5.82 Å². The first-order chi connectivity index (χ1) is 7.34. The lowest BCUT2D eigenvalue weighted by Gasteiger charge is -2.19. The molecule has 0 aliphatic carbocycles. The number of rotatable bonds is 4. The second kappa shape index (κ2) is 4.83. The van der Waals surface area contributed by atoms with Gasteiger partial charge in [0.1, 0.15) is 5.82 Å². The van der Waals surface area contributed by atoms with Gasteiger partial charge in [0.2, 0.25) is 0 Å². The standard InChI is InChI=1S/C12H14ClFO2/c1-12(2,11(15)16)7-6-8-9(13)4-3-5-10(8)14/h3-5H,6-7H2,1-2H3,(H,15,16). The summed E-state index contributed by atoms with van der Waals surface area (Å²) in [5, 5.41) is 9.28. The summed E-state index contributed by atoms with van der Waals surface area (Å²) in [6.45, 7) is 3.23. The van der Waals surface area contributed by atoms with Gasteiger partial charge in [0.05, 0.1) is 5.41 Å². The number of hydrogen-bond donors (Lipinski definition) is 1. The van der Waals surface area contributed by atoms with Gasteiger partial charge in [0, 0.05) is 10.6 Å². The van der Waals surface area contributed by atoms with Crippen molar-refractivity contribution >= 4 is 17.6 Å². The molecule has 0 aliphatic heterocycles. The molecule has 1 aromatic rings. The van der Waals surface area contributed by atoms with Crippen molar-refractivity contribution in [3.05, 3.63) is 34.6 Å². The van der Waals surface area contributed by atoms with Gasteiger partial charge < -0.3 is 5.11 Å². The zero-order valence-corrected chi connectivity index (χ0v) is 10.0. The van der Waals surface area contributed by atoms with Crippen molar-refractivity contribution in [1.82, 2.24) is 0 Å². The molecule has 0 amide bonds. The molecule has 0 saturated heterocycles. The van der Waals surface area contributed by atoms with E-state index < -0.39 is 11.4 Å². The third-order valence-electron chi connectivity index (χ3n) is 2.64. The van der Waals surface area contributed by atoms with Gasteiger partial charge in [-0.05, 0) is 38.8 Å². The third-order valence-corrected chi connectivity index (χ3v) is 2.99. The van der Waals surface area contributed by atoms with Gasteiger partial charge in [-0.1, -0.05) is 17.7 Å². The highest BCUT2D eigenvalue weighted by atomic mass is 35.5. The van der Waals surface area contributed by atoms with Crippen LogP contribution < -0.4 is 0 Å². The Kier molecular flexibility index (Phi) is 3.92. The van der Waals surface area contributed by atoms with Crippen molar-refractivity contribution in [2.75, 3.05) is 0 Å². The summed E-state index contributed by atoms with van der Waals surface area (Å²) in [4.78, 5) is 10.9. The number of halogens is 2. The van der Waals surface area contributed by atoms with E-state index in [0.29, 0.717) is 23.4 Å². The highest BCUT2D eigenvalue weighted by Gasteiger charge is 2.27. The smallest absolute Gasteiger partial charge is 0.309 e. The molecule has 0 fully saturated rings. The fourth-order valence-electron chi connectivity index (χ4n) is 1.32. The fourth-order valence-corrected chi connectivity index (χ4v) is 1.57. The van der Waals surface area contributed by atoms with Crippen LogP contribution in [0.25, 0.3) is 0 Å². The number of carbonyl (C=O) groups is 1. The molecule has 0 bridgehead atoms. The minimum atomic E-state index is -0.889. The lowest BCUT2D eigenvalue weighted by molar-refractivity contribution is -0.147. The van der Waals surface area contributed by atoms with E-state index in [9.17, 15) is 9.18 Å². The molecule has 1 rings (SSSR count). The van der Waals surface area contributed by atoms with Crippen molar-refractivity contribution in [3.8, 4) is 0 Å². The van der Waals surface area contributed by atoms with E-state index in [1.165, 1.54) is 12.1 Å². The molecule has 0 radical (unpaired) electrons. The molecule has 0 aromatic heterocycles. The largest absolute Gasteiger partial charge is 0.481 e. The van der Waals surface area contributed by atoms with Gasteiger partial charge in [-0.15, -0.1) is 0 Å². The van der Waals surface area contributed by atoms with E-state index in [1.807, 2.05) is 0 Å². The van der Waals surface area contributed by atoms with Gasteiger partial charge in [-0.25, -0.2) is 4.39 Å². The first kappa shape index (κ1) is 13.0. The molecular weight excluding hydrogens is 231 g/mol. The highest BCUT2D eigenvalue weighted by molar-refractivity contribution is 6.31. The Balaban J connectivity index is 2.79. The topological polar surface area (TPSA) is 37.3 Å². The fraction of sp³-hybridized carbons (Fsp3) is 0.417. The van der Waals surface area contributed by atoms with Crippen LogP contribution in [-0.2, 0) is 11.2 Å². The van der Waals surface area contributed by atoms with Gasteiger partial charge in [-0.3, -0.25) is 4.79 Å². The highest BCUT2D eigenvalue weighted by Crippen LogP contribution is 2.27. The van der Waals surface area contributed by atoms with E-state index >= 15 is 0 Å². The minimum absolute atomic E-state index is 0.324. The van der Waals surface area contributed by atoms with Gasteiger partial charge in [0.25, 0.3) is 0 Å². The zero-order valence-electron chi connectivity index (χ0n) is 9.26. The van der Waals surface area contributed by atoms with E-state index in [1.54, 1.807) is 19.9 Å². The zero-order chi connectivity index (χ0) is 12.3. The average molecular weight is 245 g/mol. The van der Waals surface area contributed by atoms with Crippen molar-refractivity contribution in [1.29, 1.82) is 0 Å². The summed E-state index contributed by atoms with van der Waals surface area (Å²) in [7, 11) is 0. The lowest BCUT2D eigenvalue weighted by Crippen LogP contribution is -2.24. The molecule has 88 valence electrons. The summed E-state index contributed by atoms with van der Waals surface area (Å²) < 4.78 is 13.4. The Hall–Kier alpha value is -1.09. The maximum atomic E-state index is 13.4. The molecule has 0 atom stereocenters. The molecule has 4 heteroatoms. The van der Waals surface area contributed by atoms with Gasteiger partial charge in [0.15, 0.2) is 0 Å². The van der Waals surface area contributed by atoms with Crippen LogP contribution in [0, 0.1) is 11.2 Å². The quantitative estimate of drug-likeness (QED) is 0.880. The van der Waals surface area contributed by atoms with Crippen LogP contribution in [-0.4, -0.2) is 11.1 Å². The number of hydrogen-bond acceptors (Lipinski definition) is 1. The van der Waals surface area contributed by atoms with Crippen LogP contribution in [0.2, 0.25) is 5.02 Å². The van der Waals surface area contributed by atoms with Crippen molar-refractivity contribution in [3.63, 3.8) is 0 Å². The van der Waals surface area contributed by atoms with Crippen LogP contribution in [0.15, 0.2) is 18.2 Å². The predicted octanol–water partition coefficient (Wildman–Crippen LogP) is 3.52. The first-order valence-corrected chi connectivity index (χ1v) is 5.38. The molecule has 0 heterocycles. The van der Waals surface area contributed by atoms with Crippen LogP contribution in [0.4, 0.5) is 4.39 Å². The Bertz CT molecular complexity index is 382. The molecule has 1 N–H and O–H groups in total. The molecule has 2 nitrogen and oxygen atoms in total.